The molecule has 2 aromatic carbocycles. The van der Waals surface area contributed by atoms with E-state index in [1.165, 1.54) is 0 Å². The predicted octanol–water partition coefficient (Wildman–Crippen LogP) is 5.04. The summed E-state index contributed by atoms with van der Waals surface area (Å²) in [6.07, 6.45) is 1.67. The number of alkyl halides is 1. The van der Waals surface area contributed by atoms with Gasteiger partial charge in [0.15, 0.2) is 0 Å². The smallest absolute Gasteiger partial charge is 0.310 e. The highest BCUT2D eigenvalue weighted by atomic mass is 35.5. The van der Waals surface area contributed by atoms with E-state index in [1.807, 2.05) is 68.4 Å². The summed E-state index contributed by atoms with van der Waals surface area (Å²) in [6.45, 7) is 4.59. The number of oxime groups is 1. The number of nitrogens with zero attached hydrogens (tertiary/aromatic N) is 1. The Morgan fingerprint density at radius 2 is 1.89 bits per heavy atom. The zero-order valence-electron chi connectivity index (χ0n) is 16.0. The fourth-order valence-electron chi connectivity index (χ4n) is 3.17. The lowest BCUT2D eigenvalue weighted by Crippen LogP contribution is -2.10. The molecule has 148 valence electrons. The summed E-state index contributed by atoms with van der Waals surface area (Å²) in [6, 6.07) is 17.1. The Balaban J connectivity index is 1.53. The third kappa shape index (κ3) is 5.04. The fourth-order valence-corrected chi connectivity index (χ4v) is 3.24. The van der Waals surface area contributed by atoms with Crippen LogP contribution in [0.15, 0.2) is 59.8 Å². The molecular weight excluding hydrogens is 378 g/mol. The van der Waals surface area contributed by atoms with Crippen molar-refractivity contribution in [2.24, 2.45) is 22.4 Å². The molecule has 0 N–H and O–H groups in total. The van der Waals surface area contributed by atoms with Crippen LogP contribution in [-0.2, 0) is 21.0 Å². The molecule has 0 aromatic heterocycles. The summed E-state index contributed by atoms with van der Waals surface area (Å²) in [4.78, 5) is 17.5. The summed E-state index contributed by atoms with van der Waals surface area (Å²) < 4.78 is 11.4. The number of carbonyl (C=O) groups is 1. The second-order valence-electron chi connectivity index (χ2n) is 7.27. The first-order chi connectivity index (χ1) is 13.5. The van der Waals surface area contributed by atoms with Crippen LogP contribution in [0.3, 0.4) is 0 Å². The molecule has 28 heavy (non-hydrogen) atoms. The Bertz CT molecular complexity index is 822. The molecule has 1 aliphatic rings. The average Bonchev–Trinajstić information content (AvgIpc) is 3.25. The van der Waals surface area contributed by atoms with Crippen LogP contribution in [0.5, 0.6) is 11.5 Å². The molecule has 0 saturated heterocycles. The lowest BCUT2D eigenvalue weighted by atomic mass is 10.1. The highest BCUT2D eigenvalue weighted by Crippen LogP contribution is 2.57. The van der Waals surface area contributed by atoms with Crippen LogP contribution < -0.4 is 4.74 Å². The lowest BCUT2D eigenvalue weighted by molar-refractivity contribution is -0.147. The Morgan fingerprint density at radius 1 is 1.14 bits per heavy atom. The standard InChI is InChI=1S/C22H24ClNO4/c1-22(2)19(14-24-27-12-11-23)20(22)21(25)26-15-16-7-6-10-18(13-16)28-17-8-4-3-5-9-17/h3-10,13-14,19-20H,11-12,15H2,1-2H3/t19-,20+/m1/s1. The fraction of sp³-hybridized carbons (Fsp3) is 0.364. The van der Waals surface area contributed by atoms with Crippen molar-refractivity contribution in [3.8, 4) is 11.5 Å². The number of benzene rings is 2. The van der Waals surface area contributed by atoms with Crippen LogP contribution in [-0.4, -0.2) is 24.7 Å². The molecule has 0 unspecified atom stereocenters. The second kappa shape index (κ2) is 9.11. The van der Waals surface area contributed by atoms with E-state index in [-0.39, 0.29) is 29.8 Å². The van der Waals surface area contributed by atoms with Crippen molar-refractivity contribution in [2.45, 2.75) is 20.5 Å². The minimum absolute atomic E-state index is 0.00285. The quantitative estimate of drug-likeness (QED) is 0.194. The van der Waals surface area contributed by atoms with E-state index in [1.54, 1.807) is 6.21 Å². The van der Waals surface area contributed by atoms with Gasteiger partial charge in [0.25, 0.3) is 0 Å². The number of esters is 1. The SMILES string of the molecule is CC1(C)[C@H](C=NOCCCl)[C@H]1C(=O)OCc1cccc(Oc2ccccc2)c1. The molecule has 1 saturated carbocycles. The maximum Gasteiger partial charge on any atom is 0.310 e. The first-order valence-corrected chi connectivity index (χ1v) is 9.75. The van der Waals surface area contributed by atoms with Gasteiger partial charge in [-0.2, -0.15) is 0 Å². The summed E-state index contributed by atoms with van der Waals surface area (Å²) in [5.41, 5.74) is 0.680. The van der Waals surface area contributed by atoms with Gasteiger partial charge in [-0.1, -0.05) is 49.3 Å². The third-order valence-corrected chi connectivity index (χ3v) is 5.04. The van der Waals surface area contributed by atoms with Gasteiger partial charge < -0.3 is 14.3 Å². The molecule has 3 rings (SSSR count). The van der Waals surface area contributed by atoms with E-state index in [2.05, 4.69) is 5.16 Å². The number of ether oxygens (including phenoxy) is 2. The molecule has 2 aromatic rings. The van der Waals surface area contributed by atoms with Crippen LogP contribution in [0.25, 0.3) is 0 Å². The zero-order valence-corrected chi connectivity index (χ0v) is 16.8. The molecule has 0 spiro atoms. The van der Waals surface area contributed by atoms with E-state index in [0.29, 0.717) is 18.2 Å². The largest absolute Gasteiger partial charge is 0.461 e. The van der Waals surface area contributed by atoms with Crippen molar-refractivity contribution in [3.05, 3.63) is 60.2 Å². The molecule has 0 aliphatic heterocycles. The summed E-state index contributed by atoms with van der Waals surface area (Å²) in [5, 5.41) is 3.89. The minimum Gasteiger partial charge on any atom is -0.461 e. The van der Waals surface area contributed by atoms with Gasteiger partial charge in [-0.3, -0.25) is 4.79 Å². The first-order valence-electron chi connectivity index (χ1n) is 9.22. The van der Waals surface area contributed by atoms with Gasteiger partial charge in [-0.15, -0.1) is 11.6 Å². The highest BCUT2D eigenvalue weighted by Gasteiger charge is 2.62. The third-order valence-electron chi connectivity index (χ3n) is 4.89. The highest BCUT2D eigenvalue weighted by molar-refractivity contribution is 6.17. The van der Waals surface area contributed by atoms with Crippen molar-refractivity contribution >= 4 is 23.8 Å². The number of carbonyl (C=O) groups excluding carboxylic acids is 1. The number of hydrogen-bond donors (Lipinski definition) is 0. The average molecular weight is 402 g/mol. The van der Waals surface area contributed by atoms with Gasteiger partial charge in [0.1, 0.15) is 24.7 Å². The number of para-hydroxylation sites is 1. The molecule has 2 atom stereocenters. The van der Waals surface area contributed by atoms with E-state index in [4.69, 9.17) is 25.9 Å². The van der Waals surface area contributed by atoms with Crippen molar-refractivity contribution in [1.29, 1.82) is 0 Å². The molecule has 6 heteroatoms. The molecule has 1 fully saturated rings. The molecule has 5 nitrogen and oxygen atoms in total. The van der Waals surface area contributed by atoms with Crippen LogP contribution in [0.1, 0.15) is 19.4 Å². The number of hydrogen-bond acceptors (Lipinski definition) is 5. The predicted molar refractivity (Wildman–Crippen MR) is 109 cm³/mol. The molecule has 0 radical (unpaired) electrons. The van der Waals surface area contributed by atoms with Crippen LogP contribution in [0.4, 0.5) is 0 Å². The molecule has 1 aliphatic carbocycles. The maximum atomic E-state index is 12.5. The van der Waals surface area contributed by atoms with E-state index in [9.17, 15) is 4.79 Å². The maximum absolute atomic E-state index is 12.5. The summed E-state index contributed by atoms with van der Waals surface area (Å²) in [5.74, 6) is 1.39. The normalized spacial score (nSPS) is 20.0. The van der Waals surface area contributed by atoms with Gasteiger partial charge >= 0.3 is 5.97 Å². The Hall–Kier alpha value is -2.53. The second-order valence-corrected chi connectivity index (χ2v) is 7.65. The molecular formula is C22H24ClNO4. The Morgan fingerprint density at radius 3 is 2.64 bits per heavy atom. The topological polar surface area (TPSA) is 57.1 Å². The van der Waals surface area contributed by atoms with Gasteiger partial charge in [0.2, 0.25) is 0 Å². The van der Waals surface area contributed by atoms with Crippen molar-refractivity contribution in [2.75, 3.05) is 12.5 Å². The van der Waals surface area contributed by atoms with Gasteiger partial charge in [0, 0.05) is 12.1 Å². The summed E-state index contributed by atoms with van der Waals surface area (Å²) in [7, 11) is 0. The Labute approximate surface area is 170 Å². The molecule has 0 amide bonds. The number of halogens is 1. The van der Waals surface area contributed by atoms with Crippen LogP contribution in [0, 0.1) is 17.3 Å². The summed E-state index contributed by atoms with van der Waals surface area (Å²) >= 11 is 5.54. The van der Waals surface area contributed by atoms with Crippen LogP contribution in [0.2, 0.25) is 0 Å². The zero-order chi connectivity index (χ0) is 20.0. The van der Waals surface area contributed by atoms with Gasteiger partial charge in [0.05, 0.1) is 11.8 Å². The van der Waals surface area contributed by atoms with E-state index in [0.717, 1.165) is 11.3 Å². The Kier molecular flexibility index (Phi) is 6.57. The van der Waals surface area contributed by atoms with Gasteiger partial charge in [-0.25, -0.2) is 0 Å². The van der Waals surface area contributed by atoms with Crippen molar-refractivity contribution < 1.29 is 19.1 Å². The minimum atomic E-state index is -0.229. The van der Waals surface area contributed by atoms with Crippen molar-refractivity contribution in [3.63, 3.8) is 0 Å². The van der Waals surface area contributed by atoms with E-state index < -0.39 is 0 Å². The van der Waals surface area contributed by atoms with Crippen molar-refractivity contribution in [1.82, 2.24) is 0 Å². The van der Waals surface area contributed by atoms with Gasteiger partial charge in [-0.05, 0) is 35.2 Å². The molecule has 0 heterocycles. The number of rotatable bonds is 9. The monoisotopic (exact) mass is 401 g/mol. The molecule has 0 bridgehead atoms. The van der Waals surface area contributed by atoms with E-state index >= 15 is 0 Å². The lowest BCUT2D eigenvalue weighted by Gasteiger charge is -2.09. The van der Waals surface area contributed by atoms with Crippen LogP contribution >= 0.6 is 11.6 Å². The first kappa shape index (κ1) is 20.2.